The fourth-order valence-electron chi connectivity index (χ4n) is 4.39. The Morgan fingerprint density at radius 1 is 1.00 bits per heavy atom. The number of para-hydroxylation sites is 2. The largest absolute Gasteiger partial charge is 0.367 e. The van der Waals surface area contributed by atoms with Crippen LogP contribution in [0.25, 0.3) is 0 Å². The molecule has 2 aromatic rings. The van der Waals surface area contributed by atoms with E-state index in [0.29, 0.717) is 24.4 Å². The number of rotatable bonds is 9. The lowest BCUT2D eigenvalue weighted by Crippen LogP contribution is -2.46. The first-order valence-electron chi connectivity index (χ1n) is 12.0. The zero-order chi connectivity index (χ0) is 24.0. The number of unbranched alkanes of at least 4 members (excludes halogenated alkanes) is 2. The van der Waals surface area contributed by atoms with Gasteiger partial charge in [-0.1, -0.05) is 37.6 Å². The number of nitrogens with one attached hydrogen (secondary N) is 2. The van der Waals surface area contributed by atoms with Crippen LogP contribution >= 0.6 is 0 Å². The number of aliphatic imine (C=N–C) groups is 1. The number of hydrogen-bond donors (Lipinski definition) is 2. The third kappa shape index (κ3) is 5.77. The first-order valence-corrected chi connectivity index (χ1v) is 13.5. The van der Waals surface area contributed by atoms with Gasteiger partial charge in [-0.15, -0.1) is 0 Å². The van der Waals surface area contributed by atoms with Crippen LogP contribution in [-0.2, 0) is 14.8 Å². The highest BCUT2D eigenvalue weighted by Gasteiger charge is 2.29. The number of nitrogens with zero attached hydrogens (tertiary/aromatic N) is 3. The number of amidine groups is 1. The number of carbonyl (C=O) groups excluding carboxylic acids is 1. The first kappa shape index (κ1) is 24.2. The SMILES string of the molecule is CCN1CCN(c2ccccc2NC(=O)CCCCCN=C2NS(=O)(=O)c3ccccc32)CC1. The van der Waals surface area contributed by atoms with Gasteiger partial charge < -0.3 is 15.1 Å². The van der Waals surface area contributed by atoms with Crippen molar-refractivity contribution < 1.29 is 13.2 Å². The Kier molecular flexibility index (Phi) is 7.84. The highest BCUT2D eigenvalue weighted by Crippen LogP contribution is 2.27. The second kappa shape index (κ2) is 11.0. The number of likely N-dealkylation sites (N-methyl/N-ethyl adjacent to an activating group) is 1. The standard InChI is InChI=1S/C25H33N5O3S/c1-2-29-16-18-30(19-17-29)22-12-7-6-11-21(22)27-24(31)14-4-3-9-15-26-25-20-10-5-8-13-23(20)34(32,33)28-25/h5-8,10-13H,2-4,9,14-19H2,1H3,(H,26,28)(H,27,31). The number of anilines is 2. The Morgan fingerprint density at radius 2 is 1.74 bits per heavy atom. The normalized spacial score (nSPS) is 18.5. The minimum absolute atomic E-state index is 0.0171. The summed E-state index contributed by atoms with van der Waals surface area (Å²) in [5.74, 6) is 0.424. The topological polar surface area (TPSA) is 94.1 Å². The summed E-state index contributed by atoms with van der Waals surface area (Å²) >= 11 is 0. The van der Waals surface area contributed by atoms with Gasteiger partial charge in [0.25, 0.3) is 10.0 Å². The molecule has 0 aliphatic carbocycles. The molecule has 0 atom stereocenters. The molecular formula is C25H33N5O3S. The van der Waals surface area contributed by atoms with Crippen molar-refractivity contribution in [2.45, 2.75) is 37.5 Å². The van der Waals surface area contributed by atoms with Gasteiger partial charge in [-0.05, 0) is 43.7 Å². The number of carbonyl (C=O) groups is 1. The van der Waals surface area contributed by atoms with Gasteiger partial charge in [0, 0.05) is 44.7 Å². The summed E-state index contributed by atoms with van der Waals surface area (Å²) in [6.07, 6.45) is 2.85. The Morgan fingerprint density at radius 3 is 2.53 bits per heavy atom. The summed E-state index contributed by atoms with van der Waals surface area (Å²) in [4.78, 5) is 22.0. The summed E-state index contributed by atoms with van der Waals surface area (Å²) in [7, 11) is -3.50. The molecule has 1 amide bonds. The van der Waals surface area contributed by atoms with E-state index < -0.39 is 10.0 Å². The number of hydrogen-bond acceptors (Lipinski definition) is 6. The van der Waals surface area contributed by atoms with Gasteiger partial charge in [-0.25, -0.2) is 8.42 Å². The monoisotopic (exact) mass is 483 g/mol. The zero-order valence-corrected chi connectivity index (χ0v) is 20.5. The maximum Gasteiger partial charge on any atom is 0.263 e. The molecule has 1 fully saturated rings. The van der Waals surface area contributed by atoms with Crippen LogP contribution in [0.2, 0.25) is 0 Å². The number of piperazine rings is 1. The van der Waals surface area contributed by atoms with Crippen molar-refractivity contribution in [3.8, 4) is 0 Å². The van der Waals surface area contributed by atoms with E-state index in [9.17, 15) is 13.2 Å². The smallest absolute Gasteiger partial charge is 0.263 e. The van der Waals surface area contributed by atoms with E-state index in [1.165, 1.54) is 0 Å². The molecule has 182 valence electrons. The molecule has 2 N–H and O–H groups in total. The second-order valence-electron chi connectivity index (χ2n) is 8.63. The Bertz CT molecular complexity index is 1140. The molecule has 9 heteroatoms. The molecule has 0 unspecified atom stereocenters. The summed E-state index contributed by atoms with van der Waals surface area (Å²) in [6, 6.07) is 14.9. The van der Waals surface area contributed by atoms with Crippen LogP contribution in [0.3, 0.4) is 0 Å². The Balaban J connectivity index is 1.21. The number of benzene rings is 2. The average molecular weight is 484 g/mol. The lowest BCUT2D eigenvalue weighted by atomic mass is 10.1. The molecule has 8 nitrogen and oxygen atoms in total. The lowest BCUT2D eigenvalue weighted by molar-refractivity contribution is -0.116. The first-order chi connectivity index (χ1) is 16.5. The maximum atomic E-state index is 12.6. The van der Waals surface area contributed by atoms with Crippen molar-refractivity contribution in [2.75, 3.05) is 49.5 Å². The maximum absolute atomic E-state index is 12.6. The molecule has 0 spiro atoms. The molecule has 2 aromatic carbocycles. The van der Waals surface area contributed by atoms with Crippen molar-refractivity contribution in [3.63, 3.8) is 0 Å². The fourth-order valence-corrected chi connectivity index (χ4v) is 5.64. The van der Waals surface area contributed by atoms with E-state index in [4.69, 9.17) is 0 Å². The van der Waals surface area contributed by atoms with Gasteiger partial charge in [0.15, 0.2) is 0 Å². The Hall–Kier alpha value is -2.91. The van der Waals surface area contributed by atoms with E-state index in [1.807, 2.05) is 18.2 Å². The third-order valence-electron chi connectivity index (χ3n) is 6.33. The minimum Gasteiger partial charge on any atom is -0.367 e. The summed E-state index contributed by atoms with van der Waals surface area (Å²) in [5, 5.41) is 3.09. The molecule has 34 heavy (non-hydrogen) atoms. The molecule has 1 saturated heterocycles. The highest BCUT2D eigenvalue weighted by molar-refractivity contribution is 7.90. The van der Waals surface area contributed by atoms with Crippen LogP contribution in [0.15, 0.2) is 58.4 Å². The minimum atomic E-state index is -3.50. The summed E-state index contributed by atoms with van der Waals surface area (Å²) in [6.45, 7) is 7.77. The lowest BCUT2D eigenvalue weighted by Gasteiger charge is -2.36. The second-order valence-corrected chi connectivity index (χ2v) is 10.3. The van der Waals surface area contributed by atoms with Crippen molar-refractivity contribution in [1.29, 1.82) is 0 Å². The molecule has 4 rings (SSSR count). The summed E-state index contributed by atoms with van der Waals surface area (Å²) < 4.78 is 26.8. The predicted octanol–water partition coefficient (Wildman–Crippen LogP) is 3.07. The highest BCUT2D eigenvalue weighted by atomic mass is 32.2. The van der Waals surface area contributed by atoms with Gasteiger partial charge in [0.1, 0.15) is 5.84 Å². The Labute approximate surface area is 202 Å². The quantitative estimate of drug-likeness (QED) is 0.535. The van der Waals surface area contributed by atoms with E-state index in [0.717, 1.165) is 63.4 Å². The molecule has 2 aliphatic rings. The molecule has 0 radical (unpaired) electrons. The molecule has 0 saturated carbocycles. The average Bonchev–Trinajstić information content (AvgIpc) is 3.12. The van der Waals surface area contributed by atoms with Crippen molar-refractivity contribution in [2.24, 2.45) is 4.99 Å². The van der Waals surface area contributed by atoms with E-state index in [2.05, 4.69) is 37.8 Å². The molecule has 2 aliphatic heterocycles. The molecular weight excluding hydrogens is 450 g/mol. The number of sulfonamides is 1. The van der Waals surface area contributed by atoms with E-state index >= 15 is 0 Å². The molecule has 0 bridgehead atoms. The van der Waals surface area contributed by atoms with Crippen molar-refractivity contribution in [3.05, 3.63) is 54.1 Å². The van der Waals surface area contributed by atoms with Gasteiger partial charge >= 0.3 is 0 Å². The van der Waals surface area contributed by atoms with Crippen LogP contribution in [0.5, 0.6) is 0 Å². The van der Waals surface area contributed by atoms with Crippen LogP contribution in [0, 0.1) is 0 Å². The van der Waals surface area contributed by atoms with Crippen LogP contribution in [0.1, 0.15) is 38.2 Å². The van der Waals surface area contributed by atoms with Crippen LogP contribution in [-0.4, -0.2) is 64.3 Å². The van der Waals surface area contributed by atoms with Crippen molar-refractivity contribution >= 4 is 33.1 Å². The molecule has 0 aromatic heterocycles. The van der Waals surface area contributed by atoms with Gasteiger partial charge in [-0.3, -0.25) is 14.5 Å². The van der Waals surface area contributed by atoms with Gasteiger partial charge in [0.2, 0.25) is 5.91 Å². The third-order valence-corrected chi connectivity index (χ3v) is 7.73. The number of amides is 1. The van der Waals surface area contributed by atoms with Gasteiger partial charge in [-0.2, -0.15) is 0 Å². The zero-order valence-electron chi connectivity index (χ0n) is 19.7. The predicted molar refractivity (Wildman–Crippen MR) is 136 cm³/mol. The fraction of sp³-hybridized carbons (Fsp3) is 0.440. The van der Waals surface area contributed by atoms with Crippen LogP contribution < -0.4 is 14.9 Å². The van der Waals surface area contributed by atoms with Gasteiger partial charge in [0.05, 0.1) is 16.3 Å². The summed E-state index contributed by atoms with van der Waals surface area (Å²) in [5.41, 5.74) is 2.58. The van der Waals surface area contributed by atoms with Crippen molar-refractivity contribution in [1.82, 2.24) is 9.62 Å². The molecule has 2 heterocycles. The number of fused-ring (bicyclic) bond motifs is 1. The van der Waals surface area contributed by atoms with E-state index in [-0.39, 0.29) is 10.8 Å². The van der Waals surface area contributed by atoms with E-state index in [1.54, 1.807) is 24.3 Å². The van der Waals surface area contributed by atoms with Crippen LogP contribution in [0.4, 0.5) is 11.4 Å².